The van der Waals surface area contributed by atoms with Crippen molar-refractivity contribution in [2.75, 3.05) is 11.9 Å². The van der Waals surface area contributed by atoms with E-state index in [0.717, 1.165) is 12.8 Å². The lowest BCUT2D eigenvalue weighted by molar-refractivity contribution is -0.136. The average Bonchev–Trinajstić information content (AvgIpc) is 3.16. The van der Waals surface area contributed by atoms with Crippen LogP contribution in [0.3, 0.4) is 0 Å². The van der Waals surface area contributed by atoms with E-state index in [1.54, 1.807) is 18.2 Å². The fraction of sp³-hybridized carbons (Fsp3) is 0.360. The van der Waals surface area contributed by atoms with Crippen molar-refractivity contribution in [2.45, 2.75) is 57.5 Å². The van der Waals surface area contributed by atoms with Crippen molar-refractivity contribution in [1.82, 2.24) is 9.29 Å². The molecule has 0 aliphatic rings. The monoisotopic (exact) mass is 501 g/mol. The van der Waals surface area contributed by atoms with Crippen LogP contribution < -0.4 is 15.4 Å². The van der Waals surface area contributed by atoms with Crippen LogP contribution in [0.25, 0.3) is 10.9 Å². The number of aromatic nitrogens is 1. The van der Waals surface area contributed by atoms with E-state index < -0.39 is 16.0 Å². The Bertz CT molecular complexity index is 1300. The molecule has 2 aromatic carbocycles. The van der Waals surface area contributed by atoms with Gasteiger partial charge >= 0.3 is 12.0 Å². The topological polar surface area (TPSA) is 127 Å². The van der Waals surface area contributed by atoms with E-state index in [0.29, 0.717) is 34.4 Å². The number of benzene rings is 2. The molecular weight excluding hydrogens is 470 g/mol. The number of unbranched alkanes of at least 4 members (excludes halogenated alkanes) is 1. The fourth-order valence-corrected chi connectivity index (χ4v) is 5.00. The van der Waals surface area contributed by atoms with Gasteiger partial charge in [0, 0.05) is 30.2 Å². The molecule has 10 heteroatoms. The van der Waals surface area contributed by atoms with E-state index in [-0.39, 0.29) is 29.9 Å². The molecule has 188 valence electrons. The minimum atomic E-state index is -3.98. The summed E-state index contributed by atoms with van der Waals surface area (Å²) in [6, 6.07) is 10.6. The second-order valence-electron chi connectivity index (χ2n) is 8.45. The fourth-order valence-electron chi connectivity index (χ4n) is 3.61. The van der Waals surface area contributed by atoms with Crippen molar-refractivity contribution < 1.29 is 27.9 Å². The van der Waals surface area contributed by atoms with Gasteiger partial charge in [-0.25, -0.2) is 17.2 Å². The third-order valence-corrected chi connectivity index (χ3v) is 6.98. The summed E-state index contributed by atoms with van der Waals surface area (Å²) in [5.74, 6) is -0.392. The van der Waals surface area contributed by atoms with Crippen LogP contribution in [0.15, 0.2) is 53.6 Å². The number of carbonyl (C=O) groups excluding carboxylic acids is 1. The van der Waals surface area contributed by atoms with E-state index in [4.69, 9.17) is 9.84 Å². The van der Waals surface area contributed by atoms with Crippen LogP contribution in [0.2, 0.25) is 0 Å². The van der Waals surface area contributed by atoms with Gasteiger partial charge in [0.2, 0.25) is 0 Å². The van der Waals surface area contributed by atoms with Crippen LogP contribution in [0.5, 0.6) is 5.75 Å². The summed E-state index contributed by atoms with van der Waals surface area (Å²) in [5.41, 5.74) is 1.49. The molecule has 0 aliphatic heterocycles. The van der Waals surface area contributed by atoms with E-state index in [2.05, 4.69) is 10.6 Å². The first-order valence-electron chi connectivity index (χ1n) is 11.5. The van der Waals surface area contributed by atoms with Crippen LogP contribution in [-0.2, 0) is 21.2 Å². The lowest BCUT2D eigenvalue weighted by Gasteiger charge is -2.11. The summed E-state index contributed by atoms with van der Waals surface area (Å²) < 4.78 is 33.9. The lowest BCUT2D eigenvalue weighted by Crippen LogP contribution is -2.29. The molecule has 3 rings (SSSR count). The van der Waals surface area contributed by atoms with E-state index in [9.17, 15) is 18.0 Å². The highest BCUT2D eigenvalue weighted by molar-refractivity contribution is 7.90. The van der Waals surface area contributed by atoms with Gasteiger partial charge in [0.1, 0.15) is 5.75 Å². The number of carboxylic acid groups (broad SMARTS) is 1. The first kappa shape index (κ1) is 26.1. The van der Waals surface area contributed by atoms with Gasteiger partial charge in [0.25, 0.3) is 10.0 Å². The van der Waals surface area contributed by atoms with Crippen molar-refractivity contribution in [3.63, 3.8) is 0 Å². The standard InChI is InChI=1S/C25H31N3O6S/c1-4-5-14-26-25(31)27-19-7-10-21(11-8-19)35(32,33)28-16-18(6-13-24(29)30)22-15-20(34-17(2)3)9-12-23(22)28/h7-12,15-17H,4-6,13-14H2,1-3H3,(H,29,30)(H2,26,27,31). The molecule has 0 aliphatic carbocycles. The second-order valence-corrected chi connectivity index (χ2v) is 10.3. The average molecular weight is 502 g/mol. The van der Waals surface area contributed by atoms with E-state index in [1.165, 1.54) is 34.4 Å². The number of aryl methyl sites for hydroxylation is 1. The number of carboxylic acids is 1. The van der Waals surface area contributed by atoms with Gasteiger partial charge in [0.05, 0.1) is 16.5 Å². The minimum absolute atomic E-state index is 0.0404. The maximum absolute atomic E-state index is 13.5. The molecule has 3 aromatic rings. The molecule has 0 fully saturated rings. The van der Waals surface area contributed by atoms with Gasteiger partial charge in [-0.15, -0.1) is 0 Å². The first-order chi connectivity index (χ1) is 16.6. The largest absolute Gasteiger partial charge is 0.491 e. The maximum Gasteiger partial charge on any atom is 0.319 e. The third kappa shape index (κ3) is 6.54. The molecule has 0 atom stereocenters. The summed E-state index contributed by atoms with van der Waals surface area (Å²) in [6.07, 6.45) is 3.28. The Labute approximate surface area is 205 Å². The Balaban J connectivity index is 1.92. The molecule has 0 saturated heterocycles. The Morgan fingerprint density at radius 2 is 1.83 bits per heavy atom. The quantitative estimate of drug-likeness (QED) is 0.330. The predicted octanol–water partition coefficient (Wildman–Crippen LogP) is 4.60. The van der Waals surface area contributed by atoms with Gasteiger partial charge < -0.3 is 20.5 Å². The highest BCUT2D eigenvalue weighted by Gasteiger charge is 2.22. The lowest BCUT2D eigenvalue weighted by atomic mass is 10.1. The van der Waals surface area contributed by atoms with Crippen LogP contribution in [0.1, 0.15) is 45.6 Å². The number of rotatable bonds is 11. The predicted molar refractivity (Wildman–Crippen MR) is 135 cm³/mol. The number of nitrogens with zero attached hydrogens (tertiary/aromatic N) is 1. The third-order valence-electron chi connectivity index (χ3n) is 5.29. The molecule has 3 N–H and O–H groups in total. The molecule has 2 amide bonds. The number of urea groups is 1. The number of nitrogens with one attached hydrogen (secondary N) is 2. The van der Waals surface area contributed by atoms with Gasteiger partial charge in [-0.3, -0.25) is 4.79 Å². The SMILES string of the molecule is CCCCNC(=O)Nc1ccc(S(=O)(=O)n2cc(CCC(=O)O)c3cc(OC(C)C)ccc32)cc1. The molecule has 0 bridgehead atoms. The smallest absolute Gasteiger partial charge is 0.319 e. The second kappa shape index (κ2) is 11.3. The Hall–Kier alpha value is -3.53. The number of anilines is 1. The molecule has 0 saturated carbocycles. The highest BCUT2D eigenvalue weighted by atomic mass is 32.2. The van der Waals surface area contributed by atoms with Crippen LogP contribution in [0.4, 0.5) is 10.5 Å². The van der Waals surface area contributed by atoms with Crippen LogP contribution in [-0.4, -0.2) is 42.1 Å². The van der Waals surface area contributed by atoms with Gasteiger partial charge in [0.15, 0.2) is 0 Å². The molecule has 9 nitrogen and oxygen atoms in total. The Morgan fingerprint density at radius 3 is 2.46 bits per heavy atom. The summed E-state index contributed by atoms with van der Waals surface area (Å²) >= 11 is 0. The number of aliphatic carboxylic acids is 1. The molecule has 0 radical (unpaired) electrons. The van der Waals surface area contributed by atoms with Gasteiger partial charge in [-0.1, -0.05) is 13.3 Å². The van der Waals surface area contributed by atoms with Crippen molar-refractivity contribution in [3.8, 4) is 5.75 Å². The Kier molecular flexibility index (Phi) is 8.39. The molecule has 0 unspecified atom stereocenters. The van der Waals surface area contributed by atoms with Crippen molar-refractivity contribution in [3.05, 3.63) is 54.2 Å². The normalized spacial score (nSPS) is 11.5. The van der Waals surface area contributed by atoms with Crippen LogP contribution >= 0.6 is 0 Å². The number of carbonyl (C=O) groups is 2. The number of fused-ring (bicyclic) bond motifs is 1. The van der Waals surface area contributed by atoms with Gasteiger partial charge in [-0.2, -0.15) is 0 Å². The Morgan fingerprint density at radius 1 is 1.11 bits per heavy atom. The van der Waals surface area contributed by atoms with E-state index in [1.807, 2.05) is 20.8 Å². The zero-order valence-electron chi connectivity index (χ0n) is 20.1. The zero-order chi connectivity index (χ0) is 25.6. The molecular formula is C25H31N3O6S. The first-order valence-corrected chi connectivity index (χ1v) is 13.0. The number of amides is 2. The van der Waals surface area contributed by atoms with Crippen molar-refractivity contribution >= 4 is 38.6 Å². The van der Waals surface area contributed by atoms with Crippen molar-refractivity contribution in [1.29, 1.82) is 0 Å². The van der Waals surface area contributed by atoms with Crippen LogP contribution in [0, 0.1) is 0 Å². The summed E-state index contributed by atoms with van der Waals surface area (Å²) in [6.45, 7) is 6.36. The summed E-state index contributed by atoms with van der Waals surface area (Å²) in [7, 11) is -3.98. The number of hydrogen-bond acceptors (Lipinski definition) is 5. The summed E-state index contributed by atoms with van der Waals surface area (Å²) in [4.78, 5) is 23.1. The highest BCUT2D eigenvalue weighted by Crippen LogP contribution is 2.31. The maximum atomic E-state index is 13.5. The minimum Gasteiger partial charge on any atom is -0.491 e. The molecule has 1 aromatic heterocycles. The molecule has 0 spiro atoms. The zero-order valence-corrected chi connectivity index (χ0v) is 20.9. The van der Waals surface area contributed by atoms with Gasteiger partial charge in [-0.05, 0) is 74.7 Å². The van der Waals surface area contributed by atoms with Crippen molar-refractivity contribution in [2.24, 2.45) is 0 Å². The number of ether oxygens (including phenoxy) is 1. The van der Waals surface area contributed by atoms with E-state index >= 15 is 0 Å². The number of hydrogen-bond donors (Lipinski definition) is 3. The summed E-state index contributed by atoms with van der Waals surface area (Å²) in [5, 5.41) is 15.2. The molecule has 1 heterocycles. The molecule has 35 heavy (non-hydrogen) atoms.